The van der Waals surface area contributed by atoms with Gasteiger partial charge in [0.1, 0.15) is 0 Å². The van der Waals surface area contributed by atoms with Crippen molar-refractivity contribution in [3.05, 3.63) is 35.4 Å². The average molecular weight is 174 g/mol. The Balaban J connectivity index is 3.15. The van der Waals surface area contributed by atoms with Gasteiger partial charge in [0.2, 0.25) is 5.91 Å². The summed E-state index contributed by atoms with van der Waals surface area (Å²) < 4.78 is 0. The quantitative estimate of drug-likeness (QED) is 0.730. The van der Waals surface area contributed by atoms with Crippen molar-refractivity contribution in [1.82, 2.24) is 0 Å². The number of rotatable bonds is 2. The molecule has 0 radical (unpaired) electrons. The molecule has 3 nitrogen and oxygen atoms in total. The van der Waals surface area contributed by atoms with Crippen LogP contribution in [0.15, 0.2) is 24.3 Å². The van der Waals surface area contributed by atoms with E-state index in [0.717, 1.165) is 0 Å². The van der Waals surface area contributed by atoms with Crippen LogP contribution in [0.3, 0.4) is 0 Å². The molecule has 66 valence electrons. The Labute approximate surface area is 76.8 Å². The minimum absolute atomic E-state index is 0.407. The Morgan fingerprint density at radius 1 is 1.54 bits per heavy atom. The SMILES string of the molecule is CC(C(N)=O)c1ccccc1C#N. The Morgan fingerprint density at radius 2 is 2.15 bits per heavy atom. The van der Waals surface area contributed by atoms with Crippen molar-refractivity contribution in [3.8, 4) is 6.07 Å². The lowest BCUT2D eigenvalue weighted by molar-refractivity contribution is -0.119. The van der Waals surface area contributed by atoms with Crippen LogP contribution in [0.25, 0.3) is 0 Å². The number of benzene rings is 1. The lowest BCUT2D eigenvalue weighted by Crippen LogP contribution is -2.19. The van der Waals surface area contributed by atoms with Crippen LogP contribution < -0.4 is 5.73 Å². The molecular formula is C10H10N2O. The first kappa shape index (κ1) is 9.27. The topological polar surface area (TPSA) is 66.9 Å². The van der Waals surface area contributed by atoms with Crippen molar-refractivity contribution in [3.63, 3.8) is 0 Å². The van der Waals surface area contributed by atoms with E-state index in [1.165, 1.54) is 0 Å². The number of carbonyl (C=O) groups excluding carboxylic acids is 1. The first-order valence-electron chi connectivity index (χ1n) is 3.95. The van der Waals surface area contributed by atoms with Gasteiger partial charge in [0.15, 0.2) is 0 Å². The Morgan fingerprint density at radius 3 is 2.69 bits per heavy atom. The summed E-state index contributed by atoms with van der Waals surface area (Å²) in [7, 11) is 0. The summed E-state index contributed by atoms with van der Waals surface area (Å²) in [5, 5.41) is 8.75. The molecule has 0 bridgehead atoms. The van der Waals surface area contributed by atoms with Gasteiger partial charge >= 0.3 is 0 Å². The largest absolute Gasteiger partial charge is 0.369 e. The van der Waals surface area contributed by atoms with Crippen LogP contribution in [0.4, 0.5) is 0 Å². The second kappa shape index (κ2) is 3.72. The minimum atomic E-state index is -0.414. The molecule has 1 atom stereocenters. The van der Waals surface area contributed by atoms with E-state index < -0.39 is 11.8 Å². The number of carbonyl (C=O) groups is 1. The van der Waals surface area contributed by atoms with E-state index in [0.29, 0.717) is 11.1 Å². The van der Waals surface area contributed by atoms with Gasteiger partial charge in [-0.25, -0.2) is 0 Å². The Kier molecular flexibility index (Phi) is 2.65. The van der Waals surface area contributed by atoms with Crippen molar-refractivity contribution in [1.29, 1.82) is 5.26 Å². The first-order chi connectivity index (χ1) is 6.16. The molecular weight excluding hydrogens is 164 g/mol. The summed E-state index contributed by atoms with van der Waals surface area (Å²) in [6, 6.07) is 8.99. The summed E-state index contributed by atoms with van der Waals surface area (Å²) in [6.45, 7) is 1.69. The fraction of sp³-hybridized carbons (Fsp3) is 0.200. The molecule has 0 spiro atoms. The predicted molar refractivity (Wildman–Crippen MR) is 48.8 cm³/mol. The number of nitrogens with zero attached hydrogens (tertiary/aromatic N) is 1. The normalized spacial score (nSPS) is 11.7. The lowest BCUT2D eigenvalue weighted by atomic mass is 9.96. The number of nitriles is 1. The summed E-state index contributed by atoms with van der Waals surface area (Å²) in [5.74, 6) is -0.821. The maximum Gasteiger partial charge on any atom is 0.224 e. The molecule has 0 fully saturated rings. The molecule has 0 aliphatic rings. The van der Waals surface area contributed by atoms with Crippen LogP contribution in [0, 0.1) is 11.3 Å². The van der Waals surface area contributed by atoms with Crippen molar-refractivity contribution in [2.75, 3.05) is 0 Å². The van der Waals surface area contributed by atoms with Crippen LogP contribution in [0.2, 0.25) is 0 Å². The summed E-state index contributed by atoms with van der Waals surface area (Å²) in [4.78, 5) is 10.9. The van der Waals surface area contributed by atoms with E-state index in [2.05, 4.69) is 0 Å². The molecule has 0 saturated carbocycles. The highest BCUT2D eigenvalue weighted by molar-refractivity contribution is 5.82. The van der Waals surface area contributed by atoms with Crippen LogP contribution in [0.1, 0.15) is 24.0 Å². The highest BCUT2D eigenvalue weighted by atomic mass is 16.1. The van der Waals surface area contributed by atoms with Crippen molar-refractivity contribution >= 4 is 5.91 Å². The summed E-state index contributed by atoms with van der Waals surface area (Å²) in [6.07, 6.45) is 0. The van der Waals surface area contributed by atoms with Crippen molar-refractivity contribution < 1.29 is 4.79 Å². The maximum absolute atomic E-state index is 10.9. The molecule has 0 aliphatic heterocycles. The number of hydrogen-bond donors (Lipinski definition) is 1. The Bertz CT molecular complexity index is 365. The molecule has 1 unspecified atom stereocenters. The van der Waals surface area contributed by atoms with E-state index in [1.807, 2.05) is 6.07 Å². The minimum Gasteiger partial charge on any atom is -0.369 e. The van der Waals surface area contributed by atoms with E-state index in [4.69, 9.17) is 11.0 Å². The molecule has 0 aromatic heterocycles. The van der Waals surface area contributed by atoms with Gasteiger partial charge in [-0.05, 0) is 18.6 Å². The third-order valence-electron chi connectivity index (χ3n) is 1.97. The first-order valence-corrected chi connectivity index (χ1v) is 3.95. The third kappa shape index (κ3) is 1.85. The molecule has 13 heavy (non-hydrogen) atoms. The fourth-order valence-corrected chi connectivity index (χ4v) is 1.13. The van der Waals surface area contributed by atoms with Gasteiger partial charge in [0.25, 0.3) is 0 Å². The fourth-order valence-electron chi connectivity index (χ4n) is 1.13. The molecule has 2 N–H and O–H groups in total. The summed E-state index contributed by atoms with van der Waals surface area (Å²) >= 11 is 0. The Hall–Kier alpha value is -1.82. The number of amides is 1. The average Bonchev–Trinajstić information content (AvgIpc) is 2.16. The second-order valence-corrected chi connectivity index (χ2v) is 2.82. The van der Waals surface area contributed by atoms with Crippen LogP contribution in [-0.4, -0.2) is 5.91 Å². The van der Waals surface area contributed by atoms with Gasteiger partial charge in [0, 0.05) is 0 Å². The lowest BCUT2D eigenvalue weighted by Gasteiger charge is -2.08. The van der Waals surface area contributed by atoms with E-state index in [-0.39, 0.29) is 0 Å². The highest BCUT2D eigenvalue weighted by Gasteiger charge is 2.14. The molecule has 1 aromatic carbocycles. The molecule has 0 saturated heterocycles. The standard InChI is InChI=1S/C10H10N2O/c1-7(10(12)13)9-5-3-2-4-8(9)6-11/h2-5,7H,1H3,(H2,12,13). The van der Waals surface area contributed by atoms with Gasteiger partial charge in [-0.1, -0.05) is 18.2 Å². The number of hydrogen-bond acceptors (Lipinski definition) is 2. The zero-order chi connectivity index (χ0) is 9.84. The monoisotopic (exact) mass is 174 g/mol. The van der Waals surface area contributed by atoms with Gasteiger partial charge in [-0.2, -0.15) is 5.26 Å². The van der Waals surface area contributed by atoms with Crippen LogP contribution >= 0.6 is 0 Å². The van der Waals surface area contributed by atoms with E-state index in [9.17, 15) is 4.79 Å². The van der Waals surface area contributed by atoms with Crippen molar-refractivity contribution in [2.24, 2.45) is 5.73 Å². The van der Waals surface area contributed by atoms with Gasteiger partial charge in [-0.15, -0.1) is 0 Å². The molecule has 3 heteroatoms. The van der Waals surface area contributed by atoms with Crippen molar-refractivity contribution in [2.45, 2.75) is 12.8 Å². The smallest absolute Gasteiger partial charge is 0.224 e. The van der Waals surface area contributed by atoms with Gasteiger partial charge in [-0.3, -0.25) is 4.79 Å². The zero-order valence-electron chi connectivity index (χ0n) is 7.32. The van der Waals surface area contributed by atoms with E-state index >= 15 is 0 Å². The number of primary amides is 1. The number of nitrogens with two attached hydrogens (primary N) is 1. The van der Waals surface area contributed by atoms with Crippen LogP contribution in [-0.2, 0) is 4.79 Å². The zero-order valence-corrected chi connectivity index (χ0v) is 7.32. The molecule has 1 rings (SSSR count). The molecule has 1 aromatic rings. The van der Waals surface area contributed by atoms with Gasteiger partial charge < -0.3 is 5.73 Å². The third-order valence-corrected chi connectivity index (χ3v) is 1.97. The molecule has 0 aliphatic carbocycles. The van der Waals surface area contributed by atoms with E-state index in [1.54, 1.807) is 31.2 Å². The molecule has 0 heterocycles. The highest BCUT2D eigenvalue weighted by Crippen LogP contribution is 2.18. The predicted octanol–water partition coefficient (Wildman–Crippen LogP) is 1.15. The maximum atomic E-state index is 10.9. The van der Waals surface area contributed by atoms with Crippen LogP contribution in [0.5, 0.6) is 0 Å². The van der Waals surface area contributed by atoms with Gasteiger partial charge in [0.05, 0.1) is 17.6 Å². The summed E-state index contributed by atoms with van der Waals surface area (Å²) in [5.41, 5.74) is 6.34. The second-order valence-electron chi connectivity index (χ2n) is 2.82. The molecule has 1 amide bonds.